The molecule has 0 aromatic heterocycles. The predicted octanol–water partition coefficient (Wildman–Crippen LogP) is 3.29. The van der Waals surface area contributed by atoms with Crippen LogP contribution in [0.3, 0.4) is 0 Å². The highest BCUT2D eigenvalue weighted by atomic mass is 19.1. The molecule has 2 aliphatic rings. The van der Waals surface area contributed by atoms with Gasteiger partial charge in [0.15, 0.2) is 11.6 Å². The summed E-state index contributed by atoms with van der Waals surface area (Å²) in [6.45, 7) is 3.83. The molecular formula is C16H21F2NO. The summed E-state index contributed by atoms with van der Waals surface area (Å²) < 4.78 is 33.4. The zero-order valence-corrected chi connectivity index (χ0v) is 11.8. The van der Waals surface area contributed by atoms with Gasteiger partial charge in [-0.2, -0.15) is 0 Å². The summed E-state index contributed by atoms with van der Waals surface area (Å²) in [5.74, 6) is 0.138. The summed E-state index contributed by atoms with van der Waals surface area (Å²) in [6, 6.07) is 2.31. The predicted molar refractivity (Wildman–Crippen MR) is 73.9 cm³/mol. The van der Waals surface area contributed by atoms with E-state index in [9.17, 15) is 8.78 Å². The Labute approximate surface area is 118 Å². The molecular weight excluding hydrogens is 260 g/mol. The van der Waals surface area contributed by atoms with E-state index in [-0.39, 0.29) is 11.9 Å². The van der Waals surface area contributed by atoms with Crippen LogP contribution in [0.5, 0.6) is 5.75 Å². The Hall–Kier alpha value is -1.16. The second-order valence-electron chi connectivity index (χ2n) is 5.90. The maximum atomic E-state index is 14.0. The molecule has 110 valence electrons. The van der Waals surface area contributed by atoms with Crippen LogP contribution in [-0.4, -0.2) is 19.2 Å². The number of halogens is 2. The van der Waals surface area contributed by atoms with Gasteiger partial charge in [-0.3, -0.25) is 0 Å². The summed E-state index contributed by atoms with van der Waals surface area (Å²) in [7, 11) is 0. The van der Waals surface area contributed by atoms with Gasteiger partial charge >= 0.3 is 0 Å². The lowest BCUT2D eigenvalue weighted by atomic mass is 9.97. The second-order valence-corrected chi connectivity index (χ2v) is 5.90. The van der Waals surface area contributed by atoms with Crippen molar-refractivity contribution in [2.75, 3.05) is 13.1 Å². The molecule has 1 aliphatic heterocycles. The molecule has 4 heteroatoms. The zero-order valence-electron chi connectivity index (χ0n) is 11.8. The molecule has 3 rings (SSSR count). The quantitative estimate of drug-likeness (QED) is 0.894. The third-order valence-corrected chi connectivity index (χ3v) is 4.37. The molecule has 2 atom stereocenters. The number of hydrogen-bond donors (Lipinski definition) is 1. The minimum Gasteiger partial charge on any atom is -0.486 e. The van der Waals surface area contributed by atoms with Crippen LogP contribution < -0.4 is 10.1 Å². The molecule has 0 unspecified atom stereocenters. The Morgan fingerprint density at radius 3 is 2.65 bits per heavy atom. The number of ether oxygens (including phenoxy) is 1. The first-order valence-electron chi connectivity index (χ1n) is 7.54. The first-order valence-corrected chi connectivity index (χ1v) is 7.54. The summed E-state index contributed by atoms with van der Waals surface area (Å²) in [4.78, 5) is 0. The van der Waals surface area contributed by atoms with Gasteiger partial charge < -0.3 is 10.1 Å². The van der Waals surface area contributed by atoms with E-state index in [1.807, 2.05) is 6.92 Å². The summed E-state index contributed by atoms with van der Waals surface area (Å²) in [5, 5.41) is 3.34. The van der Waals surface area contributed by atoms with Gasteiger partial charge in [0.05, 0.1) is 0 Å². The van der Waals surface area contributed by atoms with Crippen molar-refractivity contribution in [1.82, 2.24) is 5.32 Å². The SMILES string of the molecule is CCc1cc(F)cc(F)c1O[C@@H](C1CC1)[C@H]1CCNC1. The van der Waals surface area contributed by atoms with Gasteiger partial charge in [-0.15, -0.1) is 0 Å². The Balaban J connectivity index is 1.84. The number of aryl methyl sites for hydroxylation is 1. The molecule has 0 bridgehead atoms. The molecule has 1 saturated heterocycles. The van der Waals surface area contributed by atoms with Gasteiger partial charge in [0.25, 0.3) is 0 Å². The fraction of sp³-hybridized carbons (Fsp3) is 0.625. The van der Waals surface area contributed by atoms with Gasteiger partial charge in [0.1, 0.15) is 11.9 Å². The molecule has 0 spiro atoms. The normalized spacial score (nSPS) is 23.9. The van der Waals surface area contributed by atoms with Crippen LogP contribution in [0.15, 0.2) is 12.1 Å². The molecule has 1 aliphatic carbocycles. The third kappa shape index (κ3) is 2.80. The first kappa shape index (κ1) is 13.8. The minimum absolute atomic E-state index is 0.0651. The molecule has 1 N–H and O–H groups in total. The van der Waals surface area contributed by atoms with Gasteiger partial charge in [-0.05, 0) is 49.8 Å². The van der Waals surface area contributed by atoms with E-state index in [2.05, 4.69) is 5.32 Å². The Morgan fingerprint density at radius 1 is 1.25 bits per heavy atom. The number of nitrogens with one attached hydrogen (secondary N) is 1. The molecule has 2 fully saturated rings. The molecule has 1 aromatic rings. The van der Waals surface area contributed by atoms with Crippen LogP contribution in [0.2, 0.25) is 0 Å². The van der Waals surface area contributed by atoms with Crippen molar-refractivity contribution in [2.45, 2.75) is 38.7 Å². The lowest BCUT2D eigenvalue weighted by Crippen LogP contribution is -2.31. The van der Waals surface area contributed by atoms with E-state index in [4.69, 9.17) is 4.74 Å². The van der Waals surface area contributed by atoms with Crippen LogP contribution in [-0.2, 0) is 6.42 Å². The van der Waals surface area contributed by atoms with E-state index in [0.29, 0.717) is 23.8 Å². The van der Waals surface area contributed by atoms with E-state index in [0.717, 1.165) is 38.4 Å². The van der Waals surface area contributed by atoms with Crippen LogP contribution >= 0.6 is 0 Å². The van der Waals surface area contributed by atoms with E-state index < -0.39 is 11.6 Å². The summed E-state index contributed by atoms with van der Waals surface area (Å²) in [5.41, 5.74) is 0.624. The fourth-order valence-corrected chi connectivity index (χ4v) is 3.10. The van der Waals surface area contributed by atoms with E-state index in [1.165, 1.54) is 6.07 Å². The smallest absolute Gasteiger partial charge is 0.168 e. The monoisotopic (exact) mass is 281 g/mol. The Kier molecular flexibility index (Phi) is 3.92. The van der Waals surface area contributed by atoms with Crippen LogP contribution in [0.25, 0.3) is 0 Å². The van der Waals surface area contributed by atoms with Crippen molar-refractivity contribution in [3.8, 4) is 5.75 Å². The number of rotatable bonds is 5. The lowest BCUT2D eigenvalue weighted by molar-refractivity contribution is 0.114. The van der Waals surface area contributed by atoms with Crippen molar-refractivity contribution in [3.05, 3.63) is 29.3 Å². The van der Waals surface area contributed by atoms with Crippen molar-refractivity contribution in [1.29, 1.82) is 0 Å². The topological polar surface area (TPSA) is 21.3 Å². The van der Waals surface area contributed by atoms with Crippen molar-refractivity contribution in [2.24, 2.45) is 11.8 Å². The van der Waals surface area contributed by atoms with Crippen LogP contribution in [0.4, 0.5) is 8.78 Å². The van der Waals surface area contributed by atoms with Crippen LogP contribution in [0, 0.1) is 23.5 Å². The van der Waals surface area contributed by atoms with Crippen molar-refractivity contribution in [3.63, 3.8) is 0 Å². The molecule has 1 aromatic carbocycles. The third-order valence-electron chi connectivity index (χ3n) is 4.37. The second kappa shape index (κ2) is 5.68. The average Bonchev–Trinajstić information content (AvgIpc) is 3.11. The van der Waals surface area contributed by atoms with Gasteiger partial charge in [0.2, 0.25) is 0 Å². The lowest BCUT2D eigenvalue weighted by Gasteiger charge is -2.25. The number of benzene rings is 1. The number of hydrogen-bond acceptors (Lipinski definition) is 2. The standard InChI is InChI=1S/C16H21F2NO/c1-2-10-7-13(17)8-14(18)16(10)20-15(11-3-4-11)12-5-6-19-9-12/h7-8,11-12,15,19H,2-6,9H2,1H3/t12-,15-/m0/s1. The van der Waals surface area contributed by atoms with Crippen LogP contribution in [0.1, 0.15) is 31.7 Å². The Morgan fingerprint density at radius 2 is 2.05 bits per heavy atom. The highest BCUT2D eigenvalue weighted by molar-refractivity contribution is 5.36. The maximum absolute atomic E-state index is 14.0. The molecule has 20 heavy (non-hydrogen) atoms. The first-order chi connectivity index (χ1) is 9.69. The largest absolute Gasteiger partial charge is 0.486 e. The van der Waals surface area contributed by atoms with Crippen molar-refractivity contribution >= 4 is 0 Å². The molecule has 0 radical (unpaired) electrons. The van der Waals surface area contributed by atoms with E-state index in [1.54, 1.807) is 0 Å². The highest BCUT2D eigenvalue weighted by Gasteiger charge is 2.40. The minimum atomic E-state index is -0.571. The highest BCUT2D eigenvalue weighted by Crippen LogP contribution is 2.41. The zero-order chi connectivity index (χ0) is 14.1. The van der Waals surface area contributed by atoms with Gasteiger partial charge in [0, 0.05) is 18.5 Å². The average molecular weight is 281 g/mol. The summed E-state index contributed by atoms with van der Waals surface area (Å²) in [6.07, 6.45) is 4.03. The van der Waals surface area contributed by atoms with E-state index >= 15 is 0 Å². The molecule has 2 nitrogen and oxygen atoms in total. The maximum Gasteiger partial charge on any atom is 0.168 e. The molecule has 1 saturated carbocycles. The fourth-order valence-electron chi connectivity index (χ4n) is 3.10. The molecule has 1 heterocycles. The molecule has 0 amide bonds. The van der Waals surface area contributed by atoms with Crippen molar-refractivity contribution < 1.29 is 13.5 Å². The van der Waals surface area contributed by atoms with Gasteiger partial charge in [-0.25, -0.2) is 8.78 Å². The summed E-state index contributed by atoms with van der Waals surface area (Å²) >= 11 is 0. The van der Waals surface area contributed by atoms with Gasteiger partial charge in [-0.1, -0.05) is 6.92 Å². The Bertz CT molecular complexity index is 482.